The van der Waals surface area contributed by atoms with Crippen LogP contribution in [0.3, 0.4) is 0 Å². The molecule has 0 unspecified atom stereocenters. The molecule has 114 valence electrons. The van der Waals surface area contributed by atoms with Gasteiger partial charge < -0.3 is 14.2 Å². The monoisotopic (exact) mass is 306 g/mol. The summed E-state index contributed by atoms with van der Waals surface area (Å²) in [5.74, 6) is 1.63. The van der Waals surface area contributed by atoms with Crippen molar-refractivity contribution in [2.24, 2.45) is 0 Å². The molecule has 2 aliphatic heterocycles. The third-order valence-corrected chi connectivity index (χ3v) is 3.78. The van der Waals surface area contributed by atoms with Gasteiger partial charge in [0, 0.05) is 5.56 Å². The van der Waals surface area contributed by atoms with Crippen molar-refractivity contribution in [1.82, 2.24) is 0 Å². The van der Waals surface area contributed by atoms with Gasteiger partial charge in [-0.2, -0.15) is 0 Å². The van der Waals surface area contributed by atoms with Crippen LogP contribution in [0.1, 0.15) is 16.7 Å². The quantitative estimate of drug-likeness (QED) is 0.627. The molecule has 0 fully saturated rings. The summed E-state index contributed by atoms with van der Waals surface area (Å²) in [5.41, 5.74) is 3.43. The molecule has 2 heterocycles. The Labute approximate surface area is 133 Å². The maximum Gasteiger partial charge on any atom is 0.343 e. The zero-order chi connectivity index (χ0) is 15.8. The highest BCUT2D eigenvalue weighted by Crippen LogP contribution is 2.34. The predicted octanol–water partition coefficient (Wildman–Crippen LogP) is 3.71. The van der Waals surface area contributed by atoms with Gasteiger partial charge in [-0.1, -0.05) is 35.9 Å². The molecule has 4 nitrogen and oxygen atoms in total. The highest BCUT2D eigenvalue weighted by molar-refractivity contribution is 6.05. The number of ether oxygens (including phenoxy) is 3. The second-order valence-electron chi connectivity index (χ2n) is 5.48. The number of fused-ring (bicyclic) bond motifs is 1. The third-order valence-electron chi connectivity index (χ3n) is 3.78. The Balaban J connectivity index is 1.65. The molecular weight excluding hydrogens is 292 g/mol. The van der Waals surface area contributed by atoms with E-state index in [1.807, 2.05) is 49.4 Å². The molecule has 0 aromatic heterocycles. The number of esters is 1. The lowest BCUT2D eigenvalue weighted by Crippen LogP contribution is -1.97. The number of aryl methyl sites for hydroxylation is 1. The number of rotatable bonds is 2. The van der Waals surface area contributed by atoms with Gasteiger partial charge in [-0.15, -0.1) is 0 Å². The summed E-state index contributed by atoms with van der Waals surface area (Å²) in [6.45, 7) is 2.25. The fourth-order valence-corrected chi connectivity index (χ4v) is 2.53. The van der Waals surface area contributed by atoms with Gasteiger partial charge >= 0.3 is 5.97 Å². The van der Waals surface area contributed by atoms with E-state index in [0.29, 0.717) is 17.1 Å². The van der Waals surface area contributed by atoms with E-state index in [9.17, 15) is 4.79 Å². The Morgan fingerprint density at radius 1 is 1.00 bits per heavy atom. The lowest BCUT2D eigenvalue weighted by molar-refractivity contribution is -0.130. The van der Waals surface area contributed by atoms with Crippen LogP contribution in [0.5, 0.6) is 11.5 Å². The summed E-state index contributed by atoms with van der Waals surface area (Å²) in [6, 6.07) is 13.4. The molecule has 23 heavy (non-hydrogen) atoms. The molecule has 0 spiro atoms. The summed E-state index contributed by atoms with van der Waals surface area (Å²) in [5, 5.41) is 0. The Morgan fingerprint density at radius 2 is 1.78 bits per heavy atom. The van der Waals surface area contributed by atoms with E-state index in [1.165, 1.54) is 0 Å². The minimum atomic E-state index is -0.349. The van der Waals surface area contributed by atoms with E-state index in [-0.39, 0.29) is 12.8 Å². The van der Waals surface area contributed by atoms with Crippen molar-refractivity contribution in [2.75, 3.05) is 6.79 Å². The second kappa shape index (κ2) is 5.32. The van der Waals surface area contributed by atoms with Gasteiger partial charge in [-0.25, -0.2) is 4.79 Å². The summed E-state index contributed by atoms with van der Waals surface area (Å²) in [7, 11) is 0. The van der Waals surface area contributed by atoms with Crippen molar-refractivity contribution in [3.05, 3.63) is 70.8 Å². The highest BCUT2D eigenvalue weighted by atomic mass is 16.7. The summed E-state index contributed by atoms with van der Waals surface area (Å²) < 4.78 is 16.0. The van der Waals surface area contributed by atoms with Crippen LogP contribution in [0.2, 0.25) is 0 Å². The number of hydrogen-bond donors (Lipinski definition) is 0. The Morgan fingerprint density at radius 3 is 2.61 bits per heavy atom. The number of cyclic esters (lactones) is 1. The van der Waals surface area contributed by atoms with Crippen molar-refractivity contribution in [3.63, 3.8) is 0 Å². The zero-order valence-corrected chi connectivity index (χ0v) is 12.5. The van der Waals surface area contributed by atoms with Gasteiger partial charge in [0.1, 0.15) is 5.76 Å². The molecule has 0 atom stereocenters. The molecule has 2 aromatic carbocycles. The van der Waals surface area contributed by atoms with Crippen LogP contribution in [0, 0.1) is 6.92 Å². The maximum absolute atomic E-state index is 12.1. The largest absolute Gasteiger partial charge is 0.454 e. The van der Waals surface area contributed by atoms with Crippen molar-refractivity contribution in [2.45, 2.75) is 6.92 Å². The average molecular weight is 306 g/mol. The van der Waals surface area contributed by atoms with Gasteiger partial charge in [0.2, 0.25) is 6.79 Å². The van der Waals surface area contributed by atoms with Gasteiger partial charge in [-0.3, -0.25) is 0 Å². The van der Waals surface area contributed by atoms with Crippen molar-refractivity contribution in [1.29, 1.82) is 0 Å². The molecule has 0 saturated carbocycles. The standard InChI is InChI=1S/C19H14O4/c1-12-2-5-14(6-3-12)17-10-15(19(20)23-17)8-13-4-7-16-18(9-13)22-11-21-16/h2-10H,11H2,1H3/b15-8-. The lowest BCUT2D eigenvalue weighted by Gasteiger charge is -2.01. The molecule has 0 aliphatic carbocycles. The summed E-state index contributed by atoms with van der Waals surface area (Å²) in [6.07, 6.45) is 3.54. The number of benzene rings is 2. The normalized spacial score (nSPS) is 17.3. The summed E-state index contributed by atoms with van der Waals surface area (Å²) in [4.78, 5) is 12.1. The number of hydrogen-bond acceptors (Lipinski definition) is 4. The average Bonchev–Trinajstić information content (AvgIpc) is 3.15. The summed E-state index contributed by atoms with van der Waals surface area (Å²) >= 11 is 0. The van der Waals surface area contributed by atoms with Crippen LogP contribution in [0.4, 0.5) is 0 Å². The molecule has 4 rings (SSSR count). The lowest BCUT2D eigenvalue weighted by atomic mass is 10.1. The molecular formula is C19H14O4. The Hall–Kier alpha value is -3.01. The molecule has 2 aliphatic rings. The fraction of sp³-hybridized carbons (Fsp3) is 0.105. The van der Waals surface area contributed by atoms with Crippen LogP contribution < -0.4 is 9.47 Å². The van der Waals surface area contributed by atoms with Crippen LogP contribution in [0.15, 0.2) is 54.1 Å². The van der Waals surface area contributed by atoms with E-state index in [2.05, 4.69) is 0 Å². The van der Waals surface area contributed by atoms with Crippen LogP contribution >= 0.6 is 0 Å². The molecule has 2 aromatic rings. The number of carbonyl (C=O) groups excluding carboxylic acids is 1. The molecule has 0 saturated heterocycles. The minimum absolute atomic E-state index is 0.231. The van der Waals surface area contributed by atoms with E-state index >= 15 is 0 Å². The minimum Gasteiger partial charge on any atom is -0.454 e. The first kappa shape index (κ1) is 13.6. The van der Waals surface area contributed by atoms with Gasteiger partial charge in [0.05, 0.1) is 5.57 Å². The Kier molecular flexibility index (Phi) is 3.15. The highest BCUT2D eigenvalue weighted by Gasteiger charge is 2.22. The first-order valence-electron chi connectivity index (χ1n) is 7.31. The molecule has 0 radical (unpaired) electrons. The van der Waals surface area contributed by atoms with E-state index in [1.54, 1.807) is 12.2 Å². The zero-order valence-electron chi connectivity index (χ0n) is 12.5. The first-order chi connectivity index (χ1) is 11.2. The van der Waals surface area contributed by atoms with E-state index in [4.69, 9.17) is 14.2 Å². The SMILES string of the molecule is Cc1ccc(C2=C/C(=C/c3ccc4c(c3)OCO4)C(=O)O2)cc1. The van der Waals surface area contributed by atoms with E-state index in [0.717, 1.165) is 22.4 Å². The van der Waals surface area contributed by atoms with Gasteiger partial charge in [0.15, 0.2) is 11.5 Å². The van der Waals surface area contributed by atoms with Crippen LogP contribution in [-0.2, 0) is 9.53 Å². The van der Waals surface area contributed by atoms with Crippen LogP contribution in [-0.4, -0.2) is 12.8 Å². The van der Waals surface area contributed by atoms with Crippen molar-refractivity contribution in [3.8, 4) is 11.5 Å². The van der Waals surface area contributed by atoms with Gasteiger partial charge in [0.25, 0.3) is 0 Å². The van der Waals surface area contributed by atoms with Crippen LogP contribution in [0.25, 0.3) is 11.8 Å². The van der Waals surface area contributed by atoms with Crippen molar-refractivity contribution < 1.29 is 19.0 Å². The Bertz CT molecular complexity index is 844. The smallest absolute Gasteiger partial charge is 0.343 e. The topological polar surface area (TPSA) is 44.8 Å². The van der Waals surface area contributed by atoms with E-state index < -0.39 is 0 Å². The molecule has 4 heteroatoms. The second-order valence-corrected chi connectivity index (χ2v) is 5.48. The van der Waals surface area contributed by atoms with Crippen molar-refractivity contribution >= 4 is 17.8 Å². The molecule has 0 bridgehead atoms. The van der Waals surface area contributed by atoms with Gasteiger partial charge in [-0.05, 0) is 36.8 Å². The third kappa shape index (κ3) is 2.59. The fourth-order valence-electron chi connectivity index (χ4n) is 2.53. The number of carbonyl (C=O) groups is 1. The predicted molar refractivity (Wildman–Crippen MR) is 85.8 cm³/mol. The maximum atomic E-state index is 12.1. The molecule has 0 amide bonds. The molecule has 0 N–H and O–H groups in total. The first-order valence-corrected chi connectivity index (χ1v) is 7.31.